The molecule has 3 aromatic carbocycles. The van der Waals surface area contributed by atoms with E-state index in [0.29, 0.717) is 12.8 Å². The summed E-state index contributed by atoms with van der Waals surface area (Å²) in [6.07, 6.45) is 3.41. The van der Waals surface area contributed by atoms with Crippen LogP contribution in [-0.4, -0.2) is 36.9 Å². The molecule has 6 nitrogen and oxygen atoms in total. The van der Waals surface area contributed by atoms with Crippen LogP contribution in [0.2, 0.25) is 0 Å². The number of ether oxygens (including phenoxy) is 1. The van der Waals surface area contributed by atoms with E-state index in [1.807, 2.05) is 43.3 Å². The average molecular weight is 497 g/mol. The fourth-order valence-electron chi connectivity index (χ4n) is 4.98. The molecule has 1 aromatic heterocycles. The first-order valence-electron chi connectivity index (χ1n) is 12.7. The summed E-state index contributed by atoms with van der Waals surface area (Å²) >= 11 is 0. The van der Waals surface area contributed by atoms with Gasteiger partial charge in [0.1, 0.15) is 17.1 Å². The molecule has 1 fully saturated rings. The number of carboxylic acids is 1. The van der Waals surface area contributed by atoms with Crippen molar-refractivity contribution < 1.29 is 19.2 Å². The van der Waals surface area contributed by atoms with E-state index in [1.54, 1.807) is 7.11 Å². The number of anilines is 1. The Morgan fingerprint density at radius 1 is 0.973 bits per heavy atom. The molecule has 1 aliphatic rings. The number of carbonyl (C=O) groups is 1. The van der Waals surface area contributed by atoms with Gasteiger partial charge < -0.3 is 19.3 Å². The van der Waals surface area contributed by atoms with Crippen molar-refractivity contribution in [2.24, 2.45) is 0 Å². The quantitative estimate of drug-likeness (QED) is 0.270. The smallest absolute Gasteiger partial charge is 0.314 e. The van der Waals surface area contributed by atoms with Crippen LogP contribution in [0, 0.1) is 6.92 Å². The highest BCUT2D eigenvalue weighted by Crippen LogP contribution is 2.48. The fourth-order valence-corrected chi connectivity index (χ4v) is 4.98. The van der Waals surface area contributed by atoms with Gasteiger partial charge in [-0.1, -0.05) is 65.8 Å². The summed E-state index contributed by atoms with van der Waals surface area (Å²) in [6, 6.07) is 24.4. The molecule has 190 valence electrons. The number of aliphatic carboxylic acids is 1. The Labute approximate surface area is 217 Å². The molecule has 1 N–H and O–H groups in total. The summed E-state index contributed by atoms with van der Waals surface area (Å²) in [5, 5.41) is 13.8. The van der Waals surface area contributed by atoms with Crippen molar-refractivity contribution >= 4 is 11.7 Å². The molecule has 0 atom stereocenters. The number of hydrogen-bond donors (Lipinski definition) is 1. The van der Waals surface area contributed by atoms with E-state index < -0.39 is 11.4 Å². The zero-order valence-corrected chi connectivity index (χ0v) is 21.5. The van der Waals surface area contributed by atoms with Gasteiger partial charge in [-0.25, -0.2) is 0 Å². The molecule has 0 saturated heterocycles. The lowest BCUT2D eigenvalue weighted by Crippen LogP contribution is -2.20. The number of aromatic nitrogens is 1. The second-order valence-corrected chi connectivity index (χ2v) is 9.86. The molecule has 0 spiro atoms. The highest BCUT2D eigenvalue weighted by molar-refractivity contribution is 5.85. The summed E-state index contributed by atoms with van der Waals surface area (Å²) < 4.78 is 11.0. The third-order valence-corrected chi connectivity index (χ3v) is 7.41. The molecule has 4 aromatic rings. The minimum absolute atomic E-state index is 0.677. The van der Waals surface area contributed by atoms with Gasteiger partial charge in [-0.3, -0.25) is 4.79 Å². The minimum atomic E-state index is -0.728. The number of methoxy groups -OCH3 is 1. The number of hydrogen-bond acceptors (Lipinski definition) is 5. The second-order valence-electron chi connectivity index (χ2n) is 9.86. The average Bonchev–Trinajstić information content (AvgIpc) is 3.66. The van der Waals surface area contributed by atoms with Crippen LogP contribution in [0.4, 0.5) is 5.69 Å². The predicted octanol–water partition coefficient (Wildman–Crippen LogP) is 6.51. The van der Waals surface area contributed by atoms with Crippen molar-refractivity contribution in [2.75, 3.05) is 25.6 Å². The number of carboxylic acid groups (broad SMARTS) is 1. The topological polar surface area (TPSA) is 75.8 Å². The standard InChI is InChI=1S/C31H32N2O4/c1-21-28(33(2)20-4-5-22-6-16-27(36-3)17-7-22)29(37-32-21)25-10-8-23(9-11-25)24-12-14-26(15-13-24)31(18-19-31)30(34)35/h6-17H,4-5,18-20H2,1-3H3,(H,34,35). The molecule has 1 heterocycles. The number of aryl methyl sites for hydroxylation is 2. The van der Waals surface area contributed by atoms with Crippen molar-refractivity contribution in [1.82, 2.24) is 5.16 Å². The minimum Gasteiger partial charge on any atom is -0.497 e. The van der Waals surface area contributed by atoms with E-state index in [-0.39, 0.29) is 0 Å². The largest absolute Gasteiger partial charge is 0.497 e. The second kappa shape index (κ2) is 10.1. The number of rotatable bonds is 10. The zero-order valence-electron chi connectivity index (χ0n) is 21.5. The molecule has 0 bridgehead atoms. The number of nitrogens with zero attached hydrogens (tertiary/aromatic N) is 2. The molecule has 0 unspecified atom stereocenters. The summed E-state index contributed by atoms with van der Waals surface area (Å²) in [5.41, 5.74) is 6.48. The van der Waals surface area contributed by atoms with Crippen molar-refractivity contribution in [3.8, 4) is 28.2 Å². The molecule has 5 rings (SSSR count). The van der Waals surface area contributed by atoms with E-state index in [4.69, 9.17) is 9.26 Å². The third-order valence-electron chi connectivity index (χ3n) is 7.41. The van der Waals surface area contributed by atoms with Gasteiger partial charge in [-0.15, -0.1) is 0 Å². The highest BCUT2D eigenvalue weighted by atomic mass is 16.5. The van der Waals surface area contributed by atoms with Crippen molar-refractivity contribution in [1.29, 1.82) is 0 Å². The molecule has 0 aliphatic heterocycles. The molecule has 6 heteroatoms. The Bertz CT molecular complexity index is 1370. The number of benzene rings is 3. The van der Waals surface area contributed by atoms with Gasteiger partial charge in [-0.2, -0.15) is 0 Å². The van der Waals surface area contributed by atoms with Gasteiger partial charge in [0.25, 0.3) is 0 Å². The lowest BCUT2D eigenvalue weighted by molar-refractivity contribution is -0.140. The summed E-state index contributed by atoms with van der Waals surface area (Å²) in [7, 11) is 3.76. The van der Waals surface area contributed by atoms with E-state index >= 15 is 0 Å². The van der Waals surface area contributed by atoms with E-state index in [1.165, 1.54) is 5.56 Å². The monoisotopic (exact) mass is 496 g/mol. The zero-order chi connectivity index (χ0) is 26.0. The van der Waals surface area contributed by atoms with Gasteiger partial charge in [-0.05, 0) is 67.0 Å². The van der Waals surface area contributed by atoms with Gasteiger partial charge in [0.05, 0.1) is 12.5 Å². The van der Waals surface area contributed by atoms with Crippen molar-refractivity contribution in [3.63, 3.8) is 0 Å². The normalized spacial score (nSPS) is 13.8. The Morgan fingerprint density at radius 3 is 2.14 bits per heavy atom. The molecular formula is C31H32N2O4. The van der Waals surface area contributed by atoms with Crippen LogP contribution < -0.4 is 9.64 Å². The van der Waals surface area contributed by atoms with Crippen molar-refractivity contribution in [2.45, 2.75) is 38.0 Å². The first kappa shape index (κ1) is 24.6. The van der Waals surface area contributed by atoms with Gasteiger partial charge >= 0.3 is 5.97 Å². The Morgan fingerprint density at radius 2 is 1.57 bits per heavy atom. The lowest BCUT2D eigenvalue weighted by Gasteiger charge is -2.19. The summed E-state index contributed by atoms with van der Waals surface area (Å²) in [4.78, 5) is 13.8. The van der Waals surface area contributed by atoms with Crippen LogP contribution in [0.3, 0.4) is 0 Å². The predicted molar refractivity (Wildman–Crippen MR) is 145 cm³/mol. The van der Waals surface area contributed by atoms with Crippen LogP contribution in [0.5, 0.6) is 5.75 Å². The molecule has 1 saturated carbocycles. The van der Waals surface area contributed by atoms with Crippen LogP contribution in [-0.2, 0) is 16.6 Å². The molecule has 1 aliphatic carbocycles. The SMILES string of the molecule is COc1ccc(CCCN(C)c2c(C)noc2-c2ccc(-c3ccc(C4(C(=O)O)CC4)cc3)cc2)cc1. The van der Waals surface area contributed by atoms with Crippen LogP contribution in [0.25, 0.3) is 22.5 Å². The Balaban J connectivity index is 1.26. The molecular weight excluding hydrogens is 464 g/mol. The van der Waals surface area contributed by atoms with Crippen LogP contribution >= 0.6 is 0 Å². The van der Waals surface area contributed by atoms with Gasteiger partial charge in [0, 0.05) is 19.2 Å². The van der Waals surface area contributed by atoms with Crippen LogP contribution in [0.1, 0.15) is 36.1 Å². The Hall–Kier alpha value is -4.06. The van der Waals surface area contributed by atoms with Gasteiger partial charge in [0.2, 0.25) is 0 Å². The maximum Gasteiger partial charge on any atom is 0.314 e. The fraction of sp³-hybridized carbons (Fsp3) is 0.290. The molecule has 37 heavy (non-hydrogen) atoms. The van der Waals surface area contributed by atoms with Crippen molar-refractivity contribution in [3.05, 3.63) is 89.6 Å². The maximum atomic E-state index is 11.6. The van der Waals surface area contributed by atoms with E-state index in [0.717, 1.165) is 64.5 Å². The first-order valence-corrected chi connectivity index (χ1v) is 12.7. The van der Waals surface area contributed by atoms with Gasteiger partial charge in [0.15, 0.2) is 5.76 Å². The summed E-state index contributed by atoms with van der Waals surface area (Å²) in [5.74, 6) is 0.912. The molecule has 0 amide bonds. The first-order chi connectivity index (χ1) is 17.9. The highest BCUT2D eigenvalue weighted by Gasteiger charge is 2.51. The maximum absolute atomic E-state index is 11.6. The molecule has 0 radical (unpaired) electrons. The third kappa shape index (κ3) is 4.96. The van der Waals surface area contributed by atoms with E-state index in [2.05, 4.69) is 53.5 Å². The van der Waals surface area contributed by atoms with E-state index in [9.17, 15) is 9.90 Å². The summed E-state index contributed by atoms with van der Waals surface area (Å²) in [6.45, 7) is 2.85. The Kier molecular flexibility index (Phi) is 6.74. The lowest BCUT2D eigenvalue weighted by atomic mass is 9.93. The van der Waals surface area contributed by atoms with Crippen LogP contribution in [0.15, 0.2) is 77.3 Å².